The second-order valence-corrected chi connectivity index (χ2v) is 9.73. The van der Waals surface area contributed by atoms with E-state index in [1.807, 2.05) is 48.5 Å². The highest BCUT2D eigenvalue weighted by atomic mass is 16.5. The van der Waals surface area contributed by atoms with Gasteiger partial charge in [-0.25, -0.2) is 4.79 Å². The van der Waals surface area contributed by atoms with Crippen LogP contribution in [0, 0.1) is 5.92 Å². The molecule has 2 aromatic carbocycles. The second kappa shape index (κ2) is 14.1. The molecule has 1 aliphatic rings. The number of amides is 2. The highest BCUT2D eigenvalue weighted by Gasteiger charge is 2.36. The number of hydrogen-bond donors (Lipinski definition) is 2. The minimum atomic E-state index is -0.494. The van der Waals surface area contributed by atoms with Gasteiger partial charge in [-0.15, -0.1) is 6.58 Å². The standard InChI is InChI=1S/C31H36N4O5.2H2/c1-3-14-32-30(37)28-18-24(20-33-31(38)40-22-23-8-6-5-7-9-23)21-34(28)15-16-35-27-19-26(39-17-4-2)12-10-25(27)11-13-29(35)36;;/h3-13,19,24,28H,1-2,14-18,20-22H2,(H,32,37)(H,33,38);2*1H/t24-,28-;;/m0../s1. The monoisotopic (exact) mass is 548 g/mol. The summed E-state index contributed by atoms with van der Waals surface area (Å²) in [4.78, 5) is 40.2. The Labute approximate surface area is 237 Å². The molecule has 3 aromatic rings. The molecule has 1 saturated heterocycles. The van der Waals surface area contributed by atoms with Gasteiger partial charge in [-0.2, -0.15) is 0 Å². The van der Waals surface area contributed by atoms with Gasteiger partial charge in [0.15, 0.2) is 0 Å². The van der Waals surface area contributed by atoms with Crippen LogP contribution in [0.2, 0.25) is 0 Å². The lowest BCUT2D eigenvalue weighted by molar-refractivity contribution is -0.125. The van der Waals surface area contributed by atoms with Crippen LogP contribution in [0.5, 0.6) is 5.75 Å². The maximum Gasteiger partial charge on any atom is 0.407 e. The van der Waals surface area contributed by atoms with Gasteiger partial charge in [0.1, 0.15) is 19.0 Å². The third-order valence-corrected chi connectivity index (χ3v) is 6.90. The zero-order chi connectivity index (χ0) is 28.3. The smallest absolute Gasteiger partial charge is 0.407 e. The quantitative estimate of drug-likeness (QED) is 0.314. The van der Waals surface area contributed by atoms with Gasteiger partial charge in [0, 0.05) is 47.7 Å². The van der Waals surface area contributed by atoms with E-state index in [4.69, 9.17) is 9.47 Å². The summed E-state index contributed by atoms with van der Waals surface area (Å²) < 4.78 is 12.7. The molecule has 4 rings (SSSR count). The van der Waals surface area contributed by atoms with Crippen LogP contribution < -0.4 is 20.9 Å². The van der Waals surface area contributed by atoms with Crippen LogP contribution in [-0.4, -0.2) is 60.3 Å². The number of fused-ring (bicyclic) bond motifs is 1. The third-order valence-electron chi connectivity index (χ3n) is 6.90. The van der Waals surface area contributed by atoms with Crippen molar-refractivity contribution in [2.75, 3.05) is 32.8 Å². The fourth-order valence-corrected chi connectivity index (χ4v) is 4.93. The van der Waals surface area contributed by atoms with Crippen LogP contribution in [-0.2, 0) is 22.7 Å². The van der Waals surface area contributed by atoms with E-state index in [0.29, 0.717) is 51.5 Å². The average molecular weight is 549 g/mol. The third kappa shape index (κ3) is 7.60. The van der Waals surface area contributed by atoms with E-state index in [2.05, 4.69) is 28.7 Å². The van der Waals surface area contributed by atoms with Crippen molar-refractivity contribution in [3.8, 4) is 5.75 Å². The first kappa shape index (κ1) is 28.6. The minimum absolute atomic E-state index is 0. The van der Waals surface area contributed by atoms with Crippen molar-refractivity contribution in [1.29, 1.82) is 0 Å². The summed E-state index contributed by atoms with van der Waals surface area (Å²) in [7, 11) is 0. The largest absolute Gasteiger partial charge is 0.489 e. The molecule has 0 saturated carbocycles. The van der Waals surface area contributed by atoms with Gasteiger partial charge in [0.05, 0.1) is 11.6 Å². The van der Waals surface area contributed by atoms with E-state index in [9.17, 15) is 14.4 Å². The molecule has 9 heteroatoms. The number of hydrogen-bond acceptors (Lipinski definition) is 6. The summed E-state index contributed by atoms with van der Waals surface area (Å²) in [6, 6.07) is 18.1. The molecular formula is C31H40N4O5. The highest BCUT2D eigenvalue weighted by molar-refractivity contribution is 5.82. The molecular weight excluding hydrogens is 508 g/mol. The number of ether oxygens (including phenoxy) is 2. The lowest BCUT2D eigenvalue weighted by atomic mass is 10.1. The van der Waals surface area contributed by atoms with Gasteiger partial charge in [-0.1, -0.05) is 49.1 Å². The molecule has 1 aliphatic heterocycles. The summed E-state index contributed by atoms with van der Waals surface area (Å²) in [6.45, 7) is 10.1. The SMILES string of the molecule is C=CCNC(=O)[C@@H]1C[C@@H](CNC(=O)OCc2ccccc2)CN1CCn1c(=O)ccc2ccc(OCC=C)cc21.[HH].[HH]. The van der Waals surface area contributed by atoms with Crippen molar-refractivity contribution >= 4 is 22.9 Å². The van der Waals surface area contributed by atoms with Crippen molar-refractivity contribution in [1.82, 2.24) is 20.1 Å². The summed E-state index contributed by atoms with van der Waals surface area (Å²) in [5, 5.41) is 6.65. The highest BCUT2D eigenvalue weighted by Crippen LogP contribution is 2.24. The van der Waals surface area contributed by atoms with Crippen molar-refractivity contribution in [2.45, 2.75) is 25.6 Å². The van der Waals surface area contributed by atoms with Crippen LogP contribution in [0.3, 0.4) is 0 Å². The summed E-state index contributed by atoms with van der Waals surface area (Å²) in [5.74, 6) is 0.603. The fraction of sp³-hybridized carbons (Fsp3) is 0.323. The zero-order valence-corrected chi connectivity index (χ0v) is 22.6. The zero-order valence-electron chi connectivity index (χ0n) is 22.6. The molecule has 2 amide bonds. The van der Waals surface area contributed by atoms with Gasteiger partial charge in [0.25, 0.3) is 5.56 Å². The number of aromatic nitrogens is 1. The van der Waals surface area contributed by atoms with E-state index in [-0.39, 0.29) is 32.9 Å². The van der Waals surface area contributed by atoms with Gasteiger partial charge < -0.3 is 24.7 Å². The summed E-state index contributed by atoms with van der Waals surface area (Å²) in [5.41, 5.74) is 1.55. The normalized spacial score (nSPS) is 16.8. The Morgan fingerprint density at radius 1 is 1.02 bits per heavy atom. The Balaban J connectivity index is 0.00000308. The number of rotatable bonds is 13. The maximum atomic E-state index is 13.0. The summed E-state index contributed by atoms with van der Waals surface area (Å²) >= 11 is 0. The lowest BCUT2D eigenvalue weighted by Crippen LogP contribution is -2.44. The molecule has 2 atom stereocenters. The minimum Gasteiger partial charge on any atom is -0.489 e. The van der Waals surface area contributed by atoms with E-state index in [1.54, 1.807) is 28.9 Å². The first-order valence-corrected chi connectivity index (χ1v) is 13.4. The Bertz CT molecular complexity index is 1400. The van der Waals surface area contributed by atoms with Crippen molar-refractivity contribution < 1.29 is 21.9 Å². The van der Waals surface area contributed by atoms with Crippen LogP contribution in [0.4, 0.5) is 4.79 Å². The van der Waals surface area contributed by atoms with E-state index in [1.165, 1.54) is 0 Å². The molecule has 2 N–H and O–H groups in total. The molecule has 1 fully saturated rings. The first-order valence-electron chi connectivity index (χ1n) is 13.4. The fourth-order valence-electron chi connectivity index (χ4n) is 4.93. The van der Waals surface area contributed by atoms with Crippen LogP contribution in [0.15, 0.2) is 90.8 Å². The van der Waals surface area contributed by atoms with Gasteiger partial charge in [-0.3, -0.25) is 14.5 Å². The predicted molar refractivity (Wildman–Crippen MR) is 159 cm³/mol. The van der Waals surface area contributed by atoms with Gasteiger partial charge in [-0.05, 0) is 41.5 Å². The second-order valence-electron chi connectivity index (χ2n) is 9.73. The number of alkyl carbamates (subject to hydrolysis) is 1. The van der Waals surface area contributed by atoms with Crippen molar-refractivity contribution in [3.05, 3.63) is 102 Å². The molecule has 0 radical (unpaired) electrons. The number of likely N-dealkylation sites (tertiary alicyclic amines) is 1. The number of carbonyl (C=O) groups is 2. The first-order chi connectivity index (χ1) is 19.5. The Kier molecular flexibility index (Phi) is 10.1. The molecule has 2 heterocycles. The summed E-state index contributed by atoms with van der Waals surface area (Å²) in [6.07, 6.45) is 3.39. The number of carbonyl (C=O) groups excluding carboxylic acids is 2. The topological polar surface area (TPSA) is 102 Å². The molecule has 40 heavy (non-hydrogen) atoms. The number of nitrogens with one attached hydrogen (secondary N) is 2. The average Bonchev–Trinajstić information content (AvgIpc) is 3.39. The molecule has 0 bridgehead atoms. The van der Waals surface area contributed by atoms with E-state index >= 15 is 0 Å². The van der Waals surface area contributed by atoms with Crippen LogP contribution >= 0.6 is 0 Å². The van der Waals surface area contributed by atoms with Crippen molar-refractivity contribution in [2.24, 2.45) is 5.92 Å². The molecule has 9 nitrogen and oxygen atoms in total. The molecule has 0 aliphatic carbocycles. The van der Waals surface area contributed by atoms with E-state index in [0.717, 1.165) is 16.5 Å². The Morgan fingerprint density at radius 2 is 1.82 bits per heavy atom. The number of benzene rings is 2. The molecule has 214 valence electrons. The Morgan fingerprint density at radius 3 is 2.60 bits per heavy atom. The van der Waals surface area contributed by atoms with Gasteiger partial charge in [0.2, 0.25) is 5.91 Å². The lowest BCUT2D eigenvalue weighted by Gasteiger charge is -2.24. The van der Waals surface area contributed by atoms with Crippen molar-refractivity contribution in [3.63, 3.8) is 0 Å². The van der Waals surface area contributed by atoms with E-state index < -0.39 is 6.09 Å². The maximum absolute atomic E-state index is 13.0. The molecule has 1 aromatic heterocycles. The molecule has 0 unspecified atom stereocenters. The Hall–Kier alpha value is -4.37. The molecule has 0 spiro atoms. The van der Waals surface area contributed by atoms with Crippen LogP contribution in [0.25, 0.3) is 10.9 Å². The number of nitrogens with zero attached hydrogens (tertiary/aromatic N) is 2. The number of pyridine rings is 1. The van der Waals surface area contributed by atoms with Gasteiger partial charge >= 0.3 is 6.09 Å². The van der Waals surface area contributed by atoms with Crippen LogP contribution in [0.1, 0.15) is 14.8 Å². The predicted octanol–water partition coefficient (Wildman–Crippen LogP) is 3.98.